The predicted octanol–water partition coefficient (Wildman–Crippen LogP) is 1.96. The van der Waals surface area contributed by atoms with Gasteiger partial charge in [-0.25, -0.2) is 18.3 Å². The Morgan fingerprint density at radius 1 is 1.31 bits per heavy atom. The maximum Gasteiger partial charge on any atom is 0.261 e. The van der Waals surface area contributed by atoms with Crippen molar-refractivity contribution in [1.82, 2.24) is 9.79 Å². The van der Waals surface area contributed by atoms with E-state index in [0.717, 1.165) is 29.6 Å². The van der Waals surface area contributed by atoms with Crippen LogP contribution in [0.3, 0.4) is 0 Å². The maximum absolute atomic E-state index is 13.4. The van der Waals surface area contributed by atoms with Crippen molar-refractivity contribution < 1.29 is 22.8 Å². The summed E-state index contributed by atoms with van der Waals surface area (Å²) < 4.78 is 40.3. The molecule has 10 heteroatoms. The Morgan fingerprint density at radius 2 is 1.92 bits per heavy atom. The van der Waals surface area contributed by atoms with Crippen LogP contribution < -0.4 is 11.2 Å². The molecule has 0 unspecified atom stereocenters. The predicted molar refractivity (Wildman–Crippen MR) is 99.2 cm³/mol. The Morgan fingerprint density at radius 3 is 2.46 bits per heavy atom. The third-order valence-corrected chi connectivity index (χ3v) is 5.96. The number of carbonyl (C=O) groups excluding carboxylic acids is 1. The van der Waals surface area contributed by atoms with Crippen molar-refractivity contribution in [3.63, 3.8) is 0 Å². The van der Waals surface area contributed by atoms with Crippen LogP contribution >= 0.6 is 12.4 Å². The van der Waals surface area contributed by atoms with E-state index in [1.165, 1.54) is 31.5 Å². The van der Waals surface area contributed by atoms with Crippen LogP contribution in [-0.2, 0) is 14.8 Å². The van der Waals surface area contributed by atoms with Gasteiger partial charge in [-0.1, -0.05) is 12.8 Å². The van der Waals surface area contributed by atoms with Gasteiger partial charge in [0.1, 0.15) is 11.9 Å². The fourth-order valence-corrected chi connectivity index (χ4v) is 4.14. The standard InChI is InChI=1S/C16H26FN3O4S.ClH/c1-12-11-14(7-8-15(12)17)25(23,24)20(13(2)16(21)19-22)10-6-4-3-5-9-18;/h7-8,11,13,22H,3-6,9-10,18H2,1-2H3,(H,19,21);1H/t13-;/m1./s1. The summed E-state index contributed by atoms with van der Waals surface area (Å²) in [5, 5.41) is 8.83. The number of hydroxylamine groups is 1. The number of rotatable bonds is 10. The summed E-state index contributed by atoms with van der Waals surface area (Å²) in [5.74, 6) is -1.34. The van der Waals surface area contributed by atoms with E-state index in [-0.39, 0.29) is 29.4 Å². The molecule has 0 saturated carbocycles. The summed E-state index contributed by atoms with van der Waals surface area (Å²) in [4.78, 5) is 11.7. The van der Waals surface area contributed by atoms with Gasteiger partial charge in [-0.05, 0) is 57.0 Å². The monoisotopic (exact) mass is 411 g/mol. The summed E-state index contributed by atoms with van der Waals surface area (Å²) in [5.41, 5.74) is 7.11. The number of nitrogens with one attached hydrogen (secondary N) is 1. The number of halogens is 2. The molecule has 0 bridgehead atoms. The first-order chi connectivity index (χ1) is 11.8. The van der Waals surface area contributed by atoms with Gasteiger partial charge >= 0.3 is 0 Å². The molecule has 26 heavy (non-hydrogen) atoms. The molecule has 1 aromatic rings. The highest BCUT2D eigenvalue weighted by atomic mass is 35.5. The normalized spacial score (nSPS) is 12.5. The number of sulfonamides is 1. The van der Waals surface area contributed by atoms with Gasteiger partial charge < -0.3 is 5.73 Å². The number of nitrogens with zero attached hydrogens (tertiary/aromatic N) is 1. The quantitative estimate of drug-likeness (QED) is 0.309. The van der Waals surface area contributed by atoms with Crippen LogP contribution in [0.15, 0.2) is 23.1 Å². The average molecular weight is 412 g/mol. The summed E-state index contributed by atoms with van der Waals surface area (Å²) in [7, 11) is -4.02. The van der Waals surface area contributed by atoms with Gasteiger partial charge in [-0.3, -0.25) is 10.0 Å². The number of carbonyl (C=O) groups is 1. The molecule has 0 saturated heterocycles. The second-order valence-corrected chi connectivity index (χ2v) is 7.77. The summed E-state index contributed by atoms with van der Waals surface area (Å²) in [6.45, 7) is 3.53. The summed E-state index contributed by atoms with van der Waals surface area (Å²) in [6.07, 6.45) is 3.01. The zero-order chi connectivity index (χ0) is 19.0. The first-order valence-electron chi connectivity index (χ1n) is 8.17. The summed E-state index contributed by atoms with van der Waals surface area (Å²) >= 11 is 0. The van der Waals surface area contributed by atoms with E-state index < -0.39 is 27.8 Å². The number of hydrogen-bond acceptors (Lipinski definition) is 5. The van der Waals surface area contributed by atoms with Crippen LogP contribution in [-0.4, -0.2) is 43.0 Å². The highest BCUT2D eigenvalue weighted by molar-refractivity contribution is 7.89. The largest absolute Gasteiger partial charge is 0.330 e. The Hall–Kier alpha value is -1.26. The SMILES string of the molecule is Cc1cc(S(=O)(=O)N(CCCCCCN)[C@H](C)C(=O)NO)ccc1F.Cl. The van der Waals surface area contributed by atoms with E-state index in [0.29, 0.717) is 13.0 Å². The average Bonchev–Trinajstić information content (AvgIpc) is 2.58. The lowest BCUT2D eigenvalue weighted by Gasteiger charge is -2.27. The van der Waals surface area contributed by atoms with Gasteiger partial charge in [0.25, 0.3) is 5.91 Å². The van der Waals surface area contributed by atoms with Crippen molar-refractivity contribution in [2.45, 2.75) is 50.5 Å². The van der Waals surface area contributed by atoms with Crippen LogP contribution in [0.2, 0.25) is 0 Å². The zero-order valence-electron chi connectivity index (χ0n) is 14.9. The van der Waals surface area contributed by atoms with Gasteiger partial charge in [0.2, 0.25) is 10.0 Å². The maximum atomic E-state index is 13.4. The number of amides is 1. The number of unbranched alkanes of at least 4 members (excludes halogenated alkanes) is 3. The van der Waals surface area contributed by atoms with Crippen molar-refractivity contribution in [1.29, 1.82) is 0 Å². The first kappa shape index (κ1) is 24.7. The Labute approximate surface area is 160 Å². The van der Waals surface area contributed by atoms with Crippen molar-refractivity contribution in [2.24, 2.45) is 5.73 Å². The topological polar surface area (TPSA) is 113 Å². The lowest BCUT2D eigenvalue weighted by Crippen LogP contribution is -2.47. The van der Waals surface area contributed by atoms with Crippen LogP contribution in [0.1, 0.15) is 38.2 Å². The second-order valence-electron chi connectivity index (χ2n) is 5.88. The van der Waals surface area contributed by atoms with E-state index in [9.17, 15) is 17.6 Å². The van der Waals surface area contributed by atoms with Crippen molar-refractivity contribution >= 4 is 28.3 Å². The molecule has 1 rings (SSSR count). The Balaban J connectivity index is 0.00000625. The fourth-order valence-electron chi connectivity index (χ4n) is 2.42. The smallest absolute Gasteiger partial charge is 0.261 e. The van der Waals surface area contributed by atoms with E-state index in [4.69, 9.17) is 10.9 Å². The lowest BCUT2D eigenvalue weighted by molar-refractivity contribution is -0.132. The minimum atomic E-state index is -4.02. The van der Waals surface area contributed by atoms with Crippen molar-refractivity contribution in [2.75, 3.05) is 13.1 Å². The van der Waals surface area contributed by atoms with E-state index >= 15 is 0 Å². The third kappa shape index (κ3) is 6.48. The summed E-state index contributed by atoms with van der Waals surface area (Å²) in [6, 6.07) is 2.38. The molecule has 0 heterocycles. The van der Waals surface area contributed by atoms with Gasteiger partial charge in [-0.2, -0.15) is 4.31 Å². The molecule has 150 valence electrons. The molecule has 0 aromatic heterocycles. The van der Waals surface area contributed by atoms with Crippen molar-refractivity contribution in [3.05, 3.63) is 29.6 Å². The number of nitrogens with two attached hydrogens (primary N) is 1. The van der Waals surface area contributed by atoms with Crippen LogP contribution in [0.5, 0.6) is 0 Å². The van der Waals surface area contributed by atoms with Gasteiger partial charge in [0, 0.05) is 6.54 Å². The number of aryl methyl sites for hydroxylation is 1. The molecule has 7 nitrogen and oxygen atoms in total. The molecular weight excluding hydrogens is 385 g/mol. The van der Waals surface area contributed by atoms with E-state index in [1.54, 1.807) is 0 Å². The molecule has 0 spiro atoms. The molecule has 0 fully saturated rings. The highest BCUT2D eigenvalue weighted by Gasteiger charge is 2.32. The van der Waals surface area contributed by atoms with E-state index in [1.807, 2.05) is 0 Å². The minimum absolute atomic E-state index is 0. The minimum Gasteiger partial charge on any atom is -0.330 e. The molecule has 0 aliphatic carbocycles. The van der Waals surface area contributed by atoms with Crippen LogP contribution in [0.4, 0.5) is 4.39 Å². The van der Waals surface area contributed by atoms with Crippen LogP contribution in [0, 0.1) is 12.7 Å². The van der Waals surface area contributed by atoms with Crippen molar-refractivity contribution in [3.8, 4) is 0 Å². The second kappa shape index (κ2) is 11.5. The molecule has 4 N–H and O–H groups in total. The molecule has 1 atom stereocenters. The van der Waals surface area contributed by atoms with Gasteiger partial charge in [0.15, 0.2) is 0 Å². The zero-order valence-corrected chi connectivity index (χ0v) is 16.6. The Bertz CT molecular complexity index is 688. The number of hydrogen-bond donors (Lipinski definition) is 3. The lowest BCUT2D eigenvalue weighted by atomic mass is 10.2. The molecule has 1 amide bonds. The third-order valence-electron chi connectivity index (χ3n) is 3.99. The first-order valence-corrected chi connectivity index (χ1v) is 9.61. The van der Waals surface area contributed by atoms with Crippen LogP contribution in [0.25, 0.3) is 0 Å². The fraction of sp³-hybridized carbons (Fsp3) is 0.562. The van der Waals surface area contributed by atoms with Gasteiger partial charge in [0.05, 0.1) is 4.90 Å². The van der Waals surface area contributed by atoms with Gasteiger partial charge in [-0.15, -0.1) is 12.4 Å². The van der Waals surface area contributed by atoms with E-state index in [2.05, 4.69) is 0 Å². The Kier molecular flexibility index (Phi) is 10.9. The molecule has 0 aliphatic rings. The molecule has 0 aliphatic heterocycles. The molecule has 0 radical (unpaired) electrons. The molecule has 1 aromatic carbocycles. The number of benzene rings is 1. The molecular formula is C16H27ClFN3O4S. The highest BCUT2D eigenvalue weighted by Crippen LogP contribution is 2.22.